The summed E-state index contributed by atoms with van der Waals surface area (Å²) in [6.45, 7) is 0.287. The summed E-state index contributed by atoms with van der Waals surface area (Å²) in [7, 11) is -4.31. The number of allylic oxidation sites excluding steroid dienone is 1. The van der Waals surface area contributed by atoms with Gasteiger partial charge in [0.15, 0.2) is 6.10 Å². The number of ether oxygens (including phenoxy) is 1. The Morgan fingerprint density at radius 1 is 1.19 bits per heavy atom. The molecule has 4 atom stereocenters. The van der Waals surface area contributed by atoms with Gasteiger partial charge < -0.3 is 20.7 Å². The van der Waals surface area contributed by atoms with Gasteiger partial charge in [-0.2, -0.15) is 8.42 Å². The molecular formula is C19H29N5O7S. The number of hydrogen-bond donors (Lipinski definition) is 4. The molecule has 3 aliphatic rings. The van der Waals surface area contributed by atoms with Crippen LogP contribution in [0.4, 0.5) is 4.79 Å². The second-order valence-corrected chi connectivity index (χ2v) is 9.72. The highest BCUT2D eigenvalue weighted by atomic mass is 32.2. The first-order valence-corrected chi connectivity index (χ1v) is 12.2. The van der Waals surface area contributed by atoms with Crippen molar-refractivity contribution < 1.29 is 32.3 Å². The van der Waals surface area contributed by atoms with Crippen LogP contribution in [0.2, 0.25) is 0 Å². The van der Waals surface area contributed by atoms with Crippen molar-refractivity contribution in [2.75, 3.05) is 6.54 Å². The summed E-state index contributed by atoms with van der Waals surface area (Å²) in [5.41, 5.74) is 3.68. The highest BCUT2D eigenvalue weighted by molar-refractivity contribution is 7.87. The molecule has 0 aromatic heterocycles. The summed E-state index contributed by atoms with van der Waals surface area (Å²) in [6, 6.07) is -0.879. The van der Waals surface area contributed by atoms with Gasteiger partial charge in [-0.25, -0.2) is 14.7 Å². The molecule has 13 heteroatoms. The summed E-state index contributed by atoms with van der Waals surface area (Å²) in [4.78, 5) is 51.5. The zero-order chi connectivity index (χ0) is 23.5. The number of carbonyl (C=O) groups is 4. The molecule has 2 fully saturated rings. The molecule has 1 aliphatic carbocycles. The maximum atomic E-state index is 13.1. The van der Waals surface area contributed by atoms with Gasteiger partial charge in [-0.3, -0.25) is 14.4 Å². The lowest BCUT2D eigenvalue weighted by molar-refractivity contribution is -0.146. The quantitative estimate of drug-likeness (QED) is 0.385. The molecule has 0 spiro atoms. The Morgan fingerprint density at radius 2 is 1.94 bits per heavy atom. The van der Waals surface area contributed by atoms with Crippen molar-refractivity contribution in [3.63, 3.8) is 0 Å². The van der Waals surface area contributed by atoms with Crippen LogP contribution in [0.15, 0.2) is 12.2 Å². The van der Waals surface area contributed by atoms with Gasteiger partial charge in [0.2, 0.25) is 5.91 Å². The molecular weight excluding hydrogens is 442 g/mol. The average molecular weight is 472 g/mol. The van der Waals surface area contributed by atoms with E-state index in [4.69, 9.17) is 15.6 Å². The maximum Gasteiger partial charge on any atom is 0.405 e. The van der Waals surface area contributed by atoms with E-state index in [1.54, 1.807) is 10.8 Å². The largest absolute Gasteiger partial charge is 0.436 e. The van der Waals surface area contributed by atoms with Gasteiger partial charge in [-0.05, 0) is 44.9 Å². The van der Waals surface area contributed by atoms with Crippen LogP contribution in [0.1, 0.15) is 51.4 Å². The van der Waals surface area contributed by atoms with Crippen LogP contribution in [-0.2, 0) is 29.3 Å². The third-order valence-corrected chi connectivity index (χ3v) is 6.55. The second kappa shape index (κ2) is 9.45. The highest BCUT2D eigenvalue weighted by Crippen LogP contribution is 2.45. The van der Waals surface area contributed by atoms with E-state index >= 15 is 0 Å². The minimum absolute atomic E-state index is 0.213. The van der Waals surface area contributed by atoms with Gasteiger partial charge in [-0.1, -0.05) is 18.6 Å². The molecule has 0 radical (unpaired) electrons. The maximum absolute atomic E-state index is 13.1. The van der Waals surface area contributed by atoms with Crippen molar-refractivity contribution in [2.24, 2.45) is 16.8 Å². The first-order valence-electron chi connectivity index (χ1n) is 10.6. The Bertz CT molecular complexity index is 921. The molecule has 2 aliphatic heterocycles. The number of amides is 4. The van der Waals surface area contributed by atoms with Gasteiger partial charge in [0, 0.05) is 12.5 Å². The zero-order valence-corrected chi connectivity index (χ0v) is 18.4. The van der Waals surface area contributed by atoms with Crippen LogP contribution < -0.4 is 20.9 Å². The number of primary amides is 1. The Hall–Kier alpha value is -2.67. The lowest BCUT2D eigenvalue weighted by atomic mass is 10.1. The summed E-state index contributed by atoms with van der Waals surface area (Å²) in [5.74, 6) is -2.40. The Morgan fingerprint density at radius 3 is 2.62 bits per heavy atom. The fraction of sp³-hybridized carbons (Fsp3) is 0.684. The van der Waals surface area contributed by atoms with Crippen molar-refractivity contribution in [3.8, 4) is 0 Å². The van der Waals surface area contributed by atoms with Crippen molar-refractivity contribution in [1.29, 1.82) is 0 Å². The van der Waals surface area contributed by atoms with Crippen molar-refractivity contribution in [3.05, 3.63) is 12.2 Å². The van der Waals surface area contributed by atoms with E-state index in [2.05, 4.69) is 5.32 Å². The normalized spacial score (nSPS) is 32.4. The predicted molar refractivity (Wildman–Crippen MR) is 112 cm³/mol. The van der Waals surface area contributed by atoms with Crippen molar-refractivity contribution in [2.45, 2.75) is 69.1 Å². The molecule has 12 nitrogen and oxygen atoms in total. The van der Waals surface area contributed by atoms with Crippen LogP contribution in [0, 0.1) is 5.92 Å². The second-order valence-electron chi connectivity index (χ2n) is 8.43. The Kier molecular flexibility index (Phi) is 7.08. The third kappa shape index (κ3) is 5.57. The van der Waals surface area contributed by atoms with Crippen LogP contribution in [0.3, 0.4) is 0 Å². The molecule has 0 bridgehead atoms. The predicted octanol–water partition coefficient (Wildman–Crippen LogP) is -0.844. The molecule has 1 saturated heterocycles. The Balaban J connectivity index is 1.86. The first-order chi connectivity index (χ1) is 15.0. The van der Waals surface area contributed by atoms with Gasteiger partial charge in [0.25, 0.3) is 22.0 Å². The van der Waals surface area contributed by atoms with Gasteiger partial charge in [0.05, 0.1) is 0 Å². The minimum atomic E-state index is -4.31. The SMILES string of the molecule is NC(=O)OC1CCCCC/C=C/C2CC2(C(=O)NS(N)(=O)=O)NC(=O)C2CCCN2C1=O. The first kappa shape index (κ1) is 24.0. The topological polar surface area (TPSA) is 191 Å². The molecule has 4 amide bonds. The van der Waals surface area contributed by atoms with Crippen LogP contribution in [-0.4, -0.2) is 61.4 Å². The van der Waals surface area contributed by atoms with E-state index in [1.807, 2.05) is 6.08 Å². The molecule has 1 saturated carbocycles. The molecule has 3 rings (SSSR count). The molecule has 0 aromatic rings. The van der Waals surface area contributed by atoms with E-state index in [-0.39, 0.29) is 13.0 Å². The van der Waals surface area contributed by atoms with E-state index < -0.39 is 57.6 Å². The zero-order valence-electron chi connectivity index (χ0n) is 17.6. The fourth-order valence-electron chi connectivity index (χ4n) is 4.40. The minimum Gasteiger partial charge on any atom is -0.436 e. The molecule has 2 heterocycles. The van der Waals surface area contributed by atoms with E-state index in [0.717, 1.165) is 12.8 Å². The van der Waals surface area contributed by atoms with E-state index in [0.29, 0.717) is 32.1 Å². The summed E-state index contributed by atoms with van der Waals surface area (Å²) in [5, 5.41) is 7.60. The molecule has 178 valence electrons. The molecule has 4 unspecified atom stereocenters. The highest BCUT2D eigenvalue weighted by Gasteiger charge is 2.61. The molecule has 0 aromatic carbocycles. The summed E-state index contributed by atoms with van der Waals surface area (Å²) < 4.78 is 29.5. The monoisotopic (exact) mass is 471 g/mol. The van der Waals surface area contributed by atoms with Gasteiger partial charge in [0.1, 0.15) is 11.6 Å². The third-order valence-electron chi connectivity index (χ3n) is 6.08. The van der Waals surface area contributed by atoms with Crippen LogP contribution in [0.25, 0.3) is 0 Å². The average Bonchev–Trinajstić information content (AvgIpc) is 3.15. The fourth-order valence-corrected chi connectivity index (χ4v) is 4.84. The van der Waals surface area contributed by atoms with Crippen molar-refractivity contribution >= 4 is 34.0 Å². The number of nitrogens with two attached hydrogens (primary N) is 2. The standard InChI is InChI=1S/C19H29N5O7S/c20-18(28)31-14-9-5-3-1-2-4-7-12-11-19(12,17(27)23-32(21,29)30)22-15(25)13-8-6-10-24(13)16(14)26/h4,7,12-14H,1-3,5-6,8-11H2,(H2,20,28)(H,22,25)(H,23,27)(H2,21,29,30)/b7-4+. The van der Waals surface area contributed by atoms with E-state index in [9.17, 15) is 27.6 Å². The summed E-state index contributed by atoms with van der Waals surface area (Å²) in [6.07, 6.45) is 5.83. The Labute approximate surface area is 186 Å². The molecule has 32 heavy (non-hydrogen) atoms. The number of rotatable bonds is 3. The summed E-state index contributed by atoms with van der Waals surface area (Å²) >= 11 is 0. The lowest BCUT2D eigenvalue weighted by Gasteiger charge is -2.29. The number of nitrogens with zero attached hydrogens (tertiary/aromatic N) is 1. The van der Waals surface area contributed by atoms with Gasteiger partial charge in [-0.15, -0.1) is 0 Å². The lowest BCUT2D eigenvalue weighted by Crippen LogP contribution is -2.57. The van der Waals surface area contributed by atoms with Crippen molar-refractivity contribution in [1.82, 2.24) is 14.9 Å². The number of nitrogens with one attached hydrogen (secondary N) is 2. The smallest absolute Gasteiger partial charge is 0.405 e. The number of carbonyl (C=O) groups excluding carboxylic acids is 4. The van der Waals surface area contributed by atoms with Gasteiger partial charge >= 0.3 is 6.09 Å². The van der Waals surface area contributed by atoms with Crippen LogP contribution >= 0.6 is 0 Å². The van der Waals surface area contributed by atoms with E-state index in [1.165, 1.54) is 4.90 Å². The number of hydrogen-bond acceptors (Lipinski definition) is 7. The van der Waals surface area contributed by atoms with Crippen LogP contribution in [0.5, 0.6) is 0 Å². The number of fused-ring (bicyclic) bond motifs is 2. The molecule has 6 N–H and O–H groups in total.